The van der Waals surface area contributed by atoms with E-state index in [1.54, 1.807) is 0 Å². The van der Waals surface area contributed by atoms with Crippen LogP contribution >= 0.6 is 11.6 Å². The van der Waals surface area contributed by atoms with Crippen LogP contribution in [0.5, 0.6) is 0 Å². The zero-order chi connectivity index (χ0) is 15.0. The number of aryl methyl sites for hydroxylation is 1. The maximum absolute atomic E-state index is 6.28. The number of nitrogens with zero attached hydrogens (tertiary/aromatic N) is 3. The maximum Gasteiger partial charge on any atom is 0.226 e. The molecule has 0 aliphatic carbocycles. The third kappa shape index (κ3) is 5.66. The zero-order valence-corrected chi connectivity index (χ0v) is 14.1. The van der Waals surface area contributed by atoms with Crippen LogP contribution in [0.4, 0.5) is 5.95 Å². The molecule has 0 unspecified atom stereocenters. The van der Waals surface area contributed by atoms with Crippen LogP contribution in [0.2, 0.25) is 5.15 Å². The summed E-state index contributed by atoms with van der Waals surface area (Å²) >= 11 is 6.28. The van der Waals surface area contributed by atoms with Crippen LogP contribution in [0.1, 0.15) is 63.1 Å². The maximum atomic E-state index is 6.28. The highest BCUT2D eigenvalue weighted by molar-refractivity contribution is 6.30. The van der Waals surface area contributed by atoms with E-state index in [9.17, 15) is 0 Å². The van der Waals surface area contributed by atoms with Gasteiger partial charge in [0.2, 0.25) is 5.95 Å². The van der Waals surface area contributed by atoms with Gasteiger partial charge in [0.15, 0.2) is 0 Å². The van der Waals surface area contributed by atoms with Crippen LogP contribution < -0.4 is 4.90 Å². The lowest BCUT2D eigenvalue weighted by Crippen LogP contribution is -2.14. The van der Waals surface area contributed by atoms with E-state index in [0.29, 0.717) is 11.1 Å². The van der Waals surface area contributed by atoms with Crippen molar-refractivity contribution in [1.82, 2.24) is 9.97 Å². The Morgan fingerprint density at radius 1 is 0.950 bits per heavy atom. The van der Waals surface area contributed by atoms with E-state index in [1.165, 1.54) is 44.9 Å². The van der Waals surface area contributed by atoms with Gasteiger partial charge in [0.1, 0.15) is 5.15 Å². The molecule has 0 atom stereocenters. The summed E-state index contributed by atoms with van der Waals surface area (Å²) in [5.41, 5.74) is 2.13. The molecule has 0 aliphatic heterocycles. The smallest absolute Gasteiger partial charge is 0.226 e. The standard InChI is InChI=1S/C16H28ClN3/c1-5-6-7-8-9-10-11-12-14-13(2)18-16(20(3)4)19-15(14)17/h5-12H2,1-4H3. The summed E-state index contributed by atoms with van der Waals surface area (Å²) in [5, 5.41) is 0.618. The molecule has 0 radical (unpaired) electrons. The molecule has 114 valence electrons. The van der Waals surface area contributed by atoms with Crippen LogP contribution in [0.3, 0.4) is 0 Å². The fraction of sp³-hybridized carbons (Fsp3) is 0.750. The summed E-state index contributed by atoms with van der Waals surface area (Å²) in [4.78, 5) is 10.7. The van der Waals surface area contributed by atoms with Gasteiger partial charge in [-0.1, -0.05) is 57.0 Å². The Morgan fingerprint density at radius 2 is 1.55 bits per heavy atom. The topological polar surface area (TPSA) is 29.0 Å². The van der Waals surface area contributed by atoms with Gasteiger partial charge in [-0.2, -0.15) is 0 Å². The van der Waals surface area contributed by atoms with Crippen LogP contribution in [-0.4, -0.2) is 24.1 Å². The number of hydrogen-bond acceptors (Lipinski definition) is 3. The van der Waals surface area contributed by atoms with Gasteiger partial charge in [0.25, 0.3) is 0 Å². The molecule has 0 aliphatic rings. The molecule has 0 spiro atoms. The number of hydrogen-bond donors (Lipinski definition) is 0. The van der Waals surface area contributed by atoms with E-state index in [2.05, 4.69) is 16.9 Å². The lowest BCUT2D eigenvalue weighted by molar-refractivity contribution is 0.588. The first-order chi connectivity index (χ1) is 9.56. The van der Waals surface area contributed by atoms with Gasteiger partial charge >= 0.3 is 0 Å². The van der Waals surface area contributed by atoms with Crippen LogP contribution in [0.15, 0.2) is 0 Å². The fourth-order valence-electron chi connectivity index (χ4n) is 2.29. The molecule has 1 aromatic heterocycles. The summed E-state index contributed by atoms with van der Waals surface area (Å²) < 4.78 is 0. The van der Waals surface area contributed by atoms with Crippen molar-refractivity contribution in [1.29, 1.82) is 0 Å². The third-order valence-corrected chi connectivity index (χ3v) is 3.89. The Bertz CT molecular complexity index is 382. The highest BCUT2D eigenvalue weighted by Crippen LogP contribution is 2.22. The van der Waals surface area contributed by atoms with Gasteiger partial charge in [-0.15, -0.1) is 0 Å². The second-order valence-electron chi connectivity index (χ2n) is 5.64. The minimum absolute atomic E-state index is 0.618. The lowest BCUT2D eigenvalue weighted by Gasteiger charge is -2.14. The van der Waals surface area contributed by atoms with Gasteiger partial charge in [0, 0.05) is 25.4 Å². The molecular formula is C16H28ClN3. The second kappa shape index (κ2) is 9.17. The Hall–Kier alpha value is -0.830. The lowest BCUT2D eigenvalue weighted by atomic mass is 10.0. The summed E-state index contributed by atoms with van der Waals surface area (Å²) in [7, 11) is 3.86. The summed E-state index contributed by atoms with van der Waals surface area (Å²) in [6.07, 6.45) is 10.2. The molecule has 3 nitrogen and oxygen atoms in total. The molecule has 0 saturated heterocycles. The molecule has 20 heavy (non-hydrogen) atoms. The van der Waals surface area contributed by atoms with Crippen molar-refractivity contribution in [3.8, 4) is 0 Å². The molecule has 1 heterocycles. The average molecular weight is 298 g/mol. The Labute approximate surface area is 128 Å². The van der Waals surface area contributed by atoms with E-state index < -0.39 is 0 Å². The van der Waals surface area contributed by atoms with Crippen molar-refractivity contribution in [2.24, 2.45) is 0 Å². The minimum Gasteiger partial charge on any atom is -0.347 e. The Morgan fingerprint density at radius 3 is 2.10 bits per heavy atom. The number of aromatic nitrogens is 2. The third-order valence-electron chi connectivity index (χ3n) is 3.58. The van der Waals surface area contributed by atoms with E-state index in [0.717, 1.165) is 17.7 Å². The first kappa shape index (κ1) is 17.2. The number of anilines is 1. The largest absolute Gasteiger partial charge is 0.347 e. The van der Waals surface area contributed by atoms with Gasteiger partial charge in [-0.25, -0.2) is 9.97 Å². The van der Waals surface area contributed by atoms with Gasteiger partial charge in [0.05, 0.1) is 0 Å². The number of rotatable bonds is 9. The van der Waals surface area contributed by atoms with Crippen molar-refractivity contribution in [3.05, 3.63) is 16.4 Å². The van der Waals surface area contributed by atoms with E-state index in [-0.39, 0.29) is 0 Å². The van der Waals surface area contributed by atoms with Crippen molar-refractivity contribution >= 4 is 17.5 Å². The summed E-state index contributed by atoms with van der Waals surface area (Å²) in [6, 6.07) is 0. The Balaban J connectivity index is 2.40. The van der Waals surface area contributed by atoms with Crippen molar-refractivity contribution < 1.29 is 0 Å². The highest BCUT2D eigenvalue weighted by atomic mass is 35.5. The molecule has 4 heteroatoms. The molecule has 0 N–H and O–H groups in total. The molecule has 0 saturated carbocycles. The molecule has 1 rings (SSSR count). The monoisotopic (exact) mass is 297 g/mol. The van der Waals surface area contributed by atoms with Crippen molar-refractivity contribution in [3.63, 3.8) is 0 Å². The van der Waals surface area contributed by atoms with E-state index in [1.807, 2.05) is 25.9 Å². The van der Waals surface area contributed by atoms with Gasteiger partial charge < -0.3 is 4.90 Å². The first-order valence-corrected chi connectivity index (χ1v) is 8.14. The average Bonchev–Trinajstić information content (AvgIpc) is 2.40. The minimum atomic E-state index is 0.618. The normalized spacial score (nSPS) is 10.8. The van der Waals surface area contributed by atoms with E-state index in [4.69, 9.17) is 11.6 Å². The predicted molar refractivity (Wildman–Crippen MR) is 87.8 cm³/mol. The Kier molecular flexibility index (Phi) is 7.90. The molecule has 0 fully saturated rings. The summed E-state index contributed by atoms with van der Waals surface area (Å²) in [5.74, 6) is 0.691. The molecule has 1 aromatic rings. The second-order valence-corrected chi connectivity index (χ2v) is 6.00. The van der Waals surface area contributed by atoms with Crippen molar-refractivity contribution in [2.75, 3.05) is 19.0 Å². The number of unbranched alkanes of at least 4 members (excludes halogenated alkanes) is 6. The molecule has 0 aromatic carbocycles. The van der Waals surface area contributed by atoms with E-state index >= 15 is 0 Å². The van der Waals surface area contributed by atoms with Crippen molar-refractivity contribution in [2.45, 2.75) is 65.2 Å². The zero-order valence-electron chi connectivity index (χ0n) is 13.4. The predicted octanol–water partition coefficient (Wildman–Crippen LogP) is 4.80. The van der Waals surface area contributed by atoms with Gasteiger partial charge in [-0.05, 0) is 19.8 Å². The van der Waals surface area contributed by atoms with Crippen LogP contribution in [-0.2, 0) is 6.42 Å². The first-order valence-electron chi connectivity index (χ1n) is 7.76. The molecular weight excluding hydrogens is 270 g/mol. The SMILES string of the molecule is CCCCCCCCCc1c(C)nc(N(C)C)nc1Cl. The van der Waals surface area contributed by atoms with Crippen LogP contribution in [0.25, 0.3) is 0 Å². The summed E-state index contributed by atoms with van der Waals surface area (Å²) in [6.45, 7) is 4.28. The highest BCUT2D eigenvalue weighted by Gasteiger charge is 2.10. The quantitative estimate of drug-likeness (QED) is 0.484. The number of halogens is 1. The molecule has 0 amide bonds. The fourth-order valence-corrected chi connectivity index (χ4v) is 2.60. The van der Waals surface area contributed by atoms with Gasteiger partial charge in [-0.3, -0.25) is 0 Å². The van der Waals surface area contributed by atoms with Crippen LogP contribution in [0, 0.1) is 6.92 Å². The molecule has 0 bridgehead atoms.